The summed E-state index contributed by atoms with van der Waals surface area (Å²) >= 11 is 27.5. The van der Waals surface area contributed by atoms with Crippen LogP contribution in [0.3, 0.4) is 0 Å². The topological polar surface area (TPSA) is 51.2 Å². The highest BCUT2D eigenvalue weighted by Crippen LogP contribution is 2.53. The Morgan fingerprint density at radius 2 is 0.879 bits per heavy atom. The number of anilines is 2. The van der Waals surface area contributed by atoms with Crippen LogP contribution in [0.5, 0.6) is 11.5 Å². The number of hydrogen-bond donors (Lipinski definition) is 0. The van der Waals surface area contributed by atoms with E-state index in [9.17, 15) is 4.79 Å². The van der Waals surface area contributed by atoms with Gasteiger partial charge in [0, 0.05) is 43.1 Å². The second-order valence-electron chi connectivity index (χ2n) is 13.7. The van der Waals surface area contributed by atoms with Crippen LogP contribution in [0.4, 0.5) is 11.4 Å². The molecule has 302 valence electrons. The van der Waals surface area contributed by atoms with Crippen LogP contribution >= 0.6 is 46.4 Å². The number of carbonyl (C=O) groups excluding carboxylic acids is 1. The average Bonchev–Trinajstić information content (AvgIpc) is 3.54. The molecule has 0 amide bonds. The minimum absolute atomic E-state index is 0.0222. The highest BCUT2D eigenvalue weighted by Gasteiger charge is 2.48. The number of halogens is 4. The van der Waals surface area contributed by atoms with Gasteiger partial charge in [0.1, 0.15) is 11.5 Å². The molecule has 0 N–H and O–H groups in total. The maximum Gasteiger partial charge on any atom is 0.341 e. The summed E-state index contributed by atoms with van der Waals surface area (Å²) in [6.45, 7) is 17.0. The van der Waals surface area contributed by atoms with E-state index in [-0.39, 0.29) is 25.7 Å². The van der Waals surface area contributed by atoms with Crippen LogP contribution in [0.25, 0.3) is 11.1 Å². The number of benzene rings is 5. The van der Waals surface area contributed by atoms with Gasteiger partial charge in [-0.2, -0.15) is 0 Å². The van der Waals surface area contributed by atoms with E-state index >= 15 is 0 Å². The number of hydrogen-bond acceptors (Lipinski definition) is 6. The third kappa shape index (κ3) is 8.72. The highest BCUT2D eigenvalue weighted by atomic mass is 35.5. The molecule has 0 bridgehead atoms. The van der Waals surface area contributed by atoms with Crippen molar-refractivity contribution in [1.29, 1.82) is 0 Å². The molecule has 0 saturated carbocycles. The van der Waals surface area contributed by atoms with Gasteiger partial charge in [0.15, 0.2) is 5.60 Å². The zero-order chi connectivity index (χ0) is 41.6. The van der Waals surface area contributed by atoms with Gasteiger partial charge in [-0.3, -0.25) is 0 Å². The second kappa shape index (κ2) is 19.0. The van der Waals surface area contributed by atoms with Gasteiger partial charge in [-0.1, -0.05) is 94.9 Å². The standard InChI is InChI=1S/C48H48Cl4N2O4/c1-7-53(8-2)35-21-13-31(14-22-35)39(33-17-25-37(26-18-33)56-11-5)29-48(42-41(47(55)58-48)43(49)45(51)46(52)44(42)50)30-40(34-19-27-38(28-20-34)57-12-6)32-15-23-36(24-16-32)54(9-3)10-4/h13-30H,7-12H2,1-6H3/b39-29-,40-30-. The van der Waals surface area contributed by atoms with E-state index in [1.807, 2.05) is 74.5 Å². The van der Waals surface area contributed by atoms with E-state index in [0.717, 1.165) is 82.5 Å². The smallest absolute Gasteiger partial charge is 0.341 e. The lowest BCUT2D eigenvalue weighted by molar-refractivity contribution is 0.0300. The zero-order valence-corrected chi connectivity index (χ0v) is 36.7. The second-order valence-corrected chi connectivity index (χ2v) is 15.2. The van der Waals surface area contributed by atoms with Crippen molar-refractivity contribution in [3.8, 4) is 11.5 Å². The van der Waals surface area contributed by atoms with E-state index in [4.69, 9.17) is 60.6 Å². The lowest BCUT2D eigenvalue weighted by Gasteiger charge is -2.28. The third-order valence-electron chi connectivity index (χ3n) is 10.4. The van der Waals surface area contributed by atoms with Crippen molar-refractivity contribution in [3.63, 3.8) is 0 Å². The van der Waals surface area contributed by atoms with Gasteiger partial charge >= 0.3 is 5.97 Å². The summed E-state index contributed by atoms with van der Waals surface area (Å²) < 4.78 is 18.2. The van der Waals surface area contributed by atoms with E-state index in [1.54, 1.807) is 0 Å². The summed E-state index contributed by atoms with van der Waals surface area (Å²) in [7, 11) is 0. The van der Waals surface area contributed by atoms with Gasteiger partial charge in [0.25, 0.3) is 0 Å². The molecule has 0 aliphatic carbocycles. The molecule has 1 aliphatic rings. The number of cyclic esters (lactones) is 1. The molecule has 10 heteroatoms. The van der Waals surface area contributed by atoms with Gasteiger partial charge in [0.05, 0.1) is 38.9 Å². The van der Waals surface area contributed by atoms with Crippen LogP contribution in [-0.4, -0.2) is 45.4 Å². The SMILES string of the molecule is CCOc1ccc(/C(=C\C2(/C=C(\c3ccc(OCC)cc3)c3ccc(N(CC)CC)cc3)OC(=O)c3c(Cl)c(Cl)c(Cl)c(Cl)c32)c2ccc(N(CC)CC)cc2)cc1. The Labute approximate surface area is 362 Å². The summed E-state index contributed by atoms with van der Waals surface area (Å²) in [5.74, 6) is 0.785. The van der Waals surface area contributed by atoms with Crippen molar-refractivity contribution in [2.75, 3.05) is 49.2 Å². The van der Waals surface area contributed by atoms with Crippen LogP contribution in [0.15, 0.2) is 109 Å². The van der Waals surface area contributed by atoms with Crippen LogP contribution < -0.4 is 19.3 Å². The van der Waals surface area contributed by atoms with Crippen LogP contribution in [0.2, 0.25) is 20.1 Å². The predicted molar refractivity (Wildman–Crippen MR) is 243 cm³/mol. The molecule has 58 heavy (non-hydrogen) atoms. The maximum absolute atomic E-state index is 14.3. The number of fused-ring (bicyclic) bond motifs is 1. The summed E-state index contributed by atoms with van der Waals surface area (Å²) in [5, 5.41) is 0.0339. The normalized spacial score (nSPS) is 13.6. The fraction of sp³-hybridized carbons (Fsp3) is 0.271. The number of rotatable bonds is 16. The molecule has 0 atom stereocenters. The molecular formula is C48H48Cl4N2O4. The van der Waals surface area contributed by atoms with Crippen LogP contribution in [0.1, 0.15) is 79.7 Å². The van der Waals surface area contributed by atoms with E-state index in [0.29, 0.717) is 18.8 Å². The number of esters is 1. The first kappa shape index (κ1) is 43.0. The van der Waals surface area contributed by atoms with Crippen LogP contribution in [-0.2, 0) is 10.3 Å². The van der Waals surface area contributed by atoms with Gasteiger partial charge in [-0.25, -0.2) is 4.79 Å². The van der Waals surface area contributed by atoms with Crippen molar-refractivity contribution in [2.45, 2.75) is 47.1 Å². The Kier molecular flexibility index (Phi) is 14.1. The molecule has 5 aromatic carbocycles. The summed E-state index contributed by atoms with van der Waals surface area (Å²) in [6, 6.07) is 32.4. The van der Waals surface area contributed by atoms with E-state index in [1.165, 1.54) is 0 Å². The molecule has 0 fully saturated rings. The minimum atomic E-state index is -1.64. The first-order chi connectivity index (χ1) is 28.0. The Morgan fingerprint density at radius 3 is 1.22 bits per heavy atom. The van der Waals surface area contributed by atoms with Gasteiger partial charge < -0.3 is 24.0 Å². The van der Waals surface area contributed by atoms with Crippen LogP contribution in [0, 0.1) is 0 Å². The lowest BCUT2D eigenvalue weighted by Crippen LogP contribution is -2.23. The molecular weight excluding hydrogens is 810 g/mol. The molecule has 6 nitrogen and oxygen atoms in total. The fourth-order valence-corrected chi connectivity index (χ4v) is 8.54. The molecule has 1 aliphatic heterocycles. The van der Waals surface area contributed by atoms with Crippen molar-refractivity contribution in [1.82, 2.24) is 0 Å². The van der Waals surface area contributed by atoms with Gasteiger partial charge in [-0.05, 0) is 136 Å². The number of nitrogens with zero attached hydrogens (tertiary/aromatic N) is 2. The molecule has 0 spiro atoms. The Morgan fingerprint density at radius 1 is 0.534 bits per heavy atom. The molecule has 1 heterocycles. The summed E-state index contributed by atoms with van der Waals surface area (Å²) in [5.41, 5.74) is 5.90. The average molecular weight is 859 g/mol. The lowest BCUT2D eigenvalue weighted by atomic mass is 9.83. The zero-order valence-electron chi connectivity index (χ0n) is 33.7. The van der Waals surface area contributed by atoms with Gasteiger partial charge in [-0.15, -0.1) is 0 Å². The molecule has 0 aromatic heterocycles. The van der Waals surface area contributed by atoms with E-state index in [2.05, 4.69) is 86.0 Å². The maximum atomic E-state index is 14.3. The Balaban J connectivity index is 1.71. The minimum Gasteiger partial charge on any atom is -0.494 e. The first-order valence-electron chi connectivity index (χ1n) is 19.7. The van der Waals surface area contributed by atoms with Crippen molar-refractivity contribution < 1.29 is 19.0 Å². The number of ether oxygens (including phenoxy) is 3. The molecule has 5 aromatic rings. The molecule has 6 rings (SSSR count). The number of carbonyl (C=O) groups is 1. The summed E-state index contributed by atoms with van der Waals surface area (Å²) in [4.78, 5) is 18.8. The van der Waals surface area contributed by atoms with Crippen molar-refractivity contribution in [2.24, 2.45) is 0 Å². The fourth-order valence-electron chi connectivity index (χ4n) is 7.46. The first-order valence-corrected chi connectivity index (χ1v) is 21.3. The van der Waals surface area contributed by atoms with Crippen molar-refractivity contribution in [3.05, 3.63) is 163 Å². The largest absolute Gasteiger partial charge is 0.494 e. The predicted octanol–water partition coefficient (Wildman–Crippen LogP) is 13.4. The Bertz CT molecular complexity index is 2160. The third-order valence-corrected chi connectivity index (χ3v) is 12.2. The summed E-state index contributed by atoms with van der Waals surface area (Å²) in [6.07, 6.45) is 3.87. The highest BCUT2D eigenvalue weighted by molar-refractivity contribution is 6.53. The van der Waals surface area contributed by atoms with Crippen molar-refractivity contribution >= 4 is 74.9 Å². The molecule has 0 saturated heterocycles. The van der Waals surface area contributed by atoms with Gasteiger partial charge in [0.2, 0.25) is 0 Å². The monoisotopic (exact) mass is 856 g/mol. The molecule has 0 unspecified atom stereocenters. The van der Waals surface area contributed by atoms with E-state index < -0.39 is 11.6 Å². The quantitative estimate of drug-likeness (QED) is 0.0560. The molecule has 0 radical (unpaired) electrons. The Hall–Kier alpha value is -4.59.